The number of nitrogens with one attached hydrogen (secondary N) is 1. The molecule has 0 saturated heterocycles. The molecule has 1 heterocycles. The van der Waals surface area contributed by atoms with Crippen molar-refractivity contribution in [2.24, 2.45) is 0 Å². The highest BCUT2D eigenvalue weighted by atomic mass is 32.2. The van der Waals surface area contributed by atoms with Crippen molar-refractivity contribution in [3.8, 4) is 0 Å². The number of hydrogen-bond acceptors (Lipinski definition) is 4. The van der Waals surface area contributed by atoms with E-state index in [0.29, 0.717) is 11.4 Å². The van der Waals surface area contributed by atoms with E-state index < -0.39 is 5.97 Å². The van der Waals surface area contributed by atoms with Crippen LogP contribution in [0.15, 0.2) is 12.1 Å². The molecule has 0 aliphatic heterocycles. The van der Waals surface area contributed by atoms with Crippen LogP contribution in [0.1, 0.15) is 33.0 Å². The van der Waals surface area contributed by atoms with Crippen molar-refractivity contribution >= 4 is 41.1 Å². The summed E-state index contributed by atoms with van der Waals surface area (Å²) in [7, 11) is 0. The largest absolute Gasteiger partial charge is 0.478 e. The number of thioether (sulfide) groups is 1. The maximum absolute atomic E-state index is 11.9. The van der Waals surface area contributed by atoms with Crippen LogP contribution in [-0.2, 0) is 4.79 Å². The summed E-state index contributed by atoms with van der Waals surface area (Å²) in [5, 5.41) is 11.5. The highest BCUT2D eigenvalue weighted by molar-refractivity contribution is 7.98. The molecule has 0 spiro atoms. The predicted molar refractivity (Wildman–Crippen MR) is 85.7 cm³/mol. The minimum Gasteiger partial charge on any atom is -0.478 e. The lowest BCUT2D eigenvalue weighted by Crippen LogP contribution is -2.23. The summed E-state index contributed by atoms with van der Waals surface area (Å²) in [6.07, 6.45) is 6.75. The van der Waals surface area contributed by atoms with E-state index in [-0.39, 0.29) is 5.91 Å². The molecular formula is C14H19NO3S2. The van der Waals surface area contributed by atoms with Gasteiger partial charge >= 0.3 is 5.97 Å². The molecule has 4 nitrogen and oxygen atoms in total. The third kappa shape index (κ3) is 5.79. The molecule has 0 unspecified atom stereocenters. The molecule has 0 fully saturated rings. The van der Waals surface area contributed by atoms with E-state index in [0.717, 1.165) is 35.1 Å². The number of carboxylic acids is 1. The maximum atomic E-state index is 11.9. The van der Waals surface area contributed by atoms with Gasteiger partial charge in [0.25, 0.3) is 5.91 Å². The first-order valence-electron chi connectivity index (χ1n) is 6.33. The van der Waals surface area contributed by atoms with Gasteiger partial charge in [0.1, 0.15) is 0 Å². The van der Waals surface area contributed by atoms with E-state index >= 15 is 0 Å². The van der Waals surface area contributed by atoms with Crippen LogP contribution in [0, 0.1) is 6.92 Å². The molecule has 6 heteroatoms. The van der Waals surface area contributed by atoms with Crippen LogP contribution in [0.3, 0.4) is 0 Å². The van der Waals surface area contributed by atoms with Crippen molar-refractivity contribution in [2.45, 2.75) is 19.8 Å². The minimum atomic E-state index is -0.988. The Morgan fingerprint density at radius 3 is 2.85 bits per heavy atom. The Morgan fingerprint density at radius 2 is 2.20 bits per heavy atom. The first-order valence-corrected chi connectivity index (χ1v) is 8.54. The molecule has 1 aromatic rings. The Balaban J connectivity index is 2.52. The van der Waals surface area contributed by atoms with Gasteiger partial charge in [-0.25, -0.2) is 4.79 Å². The van der Waals surface area contributed by atoms with Gasteiger partial charge in [-0.2, -0.15) is 11.8 Å². The quantitative estimate of drug-likeness (QED) is 0.572. The Labute approximate surface area is 127 Å². The summed E-state index contributed by atoms with van der Waals surface area (Å²) in [5.41, 5.74) is 0.917. The highest BCUT2D eigenvalue weighted by Gasteiger charge is 2.10. The van der Waals surface area contributed by atoms with Gasteiger partial charge < -0.3 is 10.4 Å². The third-order valence-electron chi connectivity index (χ3n) is 2.62. The highest BCUT2D eigenvalue weighted by Crippen LogP contribution is 2.23. The zero-order valence-corrected chi connectivity index (χ0v) is 13.3. The zero-order valence-electron chi connectivity index (χ0n) is 11.6. The second-order valence-electron chi connectivity index (χ2n) is 4.29. The predicted octanol–water partition coefficient (Wildman–Crippen LogP) is 3.03. The van der Waals surface area contributed by atoms with Crippen molar-refractivity contribution in [2.75, 3.05) is 18.6 Å². The standard InChI is InChI=1S/C14H19NO3S2/c1-10-9-12(20-11(10)5-6-13(16)17)14(18)15-7-3-4-8-19-2/h5-6,9H,3-4,7-8H2,1-2H3,(H,15,18)(H,16,17)/b6-5+. The van der Waals surface area contributed by atoms with E-state index in [1.54, 1.807) is 17.8 Å². The topological polar surface area (TPSA) is 66.4 Å². The lowest BCUT2D eigenvalue weighted by molar-refractivity contribution is -0.131. The number of carbonyl (C=O) groups is 2. The van der Waals surface area contributed by atoms with Crippen LogP contribution in [0.5, 0.6) is 0 Å². The molecule has 0 bridgehead atoms. The number of unbranched alkanes of at least 4 members (excludes halogenated alkanes) is 1. The number of rotatable bonds is 8. The van der Waals surface area contributed by atoms with E-state index in [9.17, 15) is 9.59 Å². The fourth-order valence-corrected chi connectivity index (χ4v) is 3.07. The van der Waals surface area contributed by atoms with Crippen LogP contribution in [0.2, 0.25) is 0 Å². The summed E-state index contributed by atoms with van der Waals surface area (Å²) in [5.74, 6) is 0.0350. The van der Waals surface area contributed by atoms with E-state index in [1.807, 2.05) is 6.92 Å². The number of aliphatic carboxylic acids is 1. The lowest BCUT2D eigenvalue weighted by atomic mass is 10.2. The van der Waals surface area contributed by atoms with Crippen molar-refractivity contribution in [3.63, 3.8) is 0 Å². The van der Waals surface area contributed by atoms with Crippen LogP contribution in [0.4, 0.5) is 0 Å². The molecule has 0 saturated carbocycles. The Kier molecular flexibility index (Phi) is 7.40. The number of carboxylic acid groups (broad SMARTS) is 1. The smallest absolute Gasteiger partial charge is 0.328 e. The van der Waals surface area contributed by atoms with Crippen LogP contribution in [0.25, 0.3) is 6.08 Å². The number of hydrogen-bond donors (Lipinski definition) is 2. The van der Waals surface area contributed by atoms with E-state index in [2.05, 4.69) is 11.6 Å². The molecule has 1 aromatic heterocycles. The average Bonchev–Trinajstić information content (AvgIpc) is 2.77. The molecule has 0 aliphatic rings. The summed E-state index contributed by atoms with van der Waals surface area (Å²) in [6, 6.07) is 1.80. The zero-order chi connectivity index (χ0) is 15.0. The van der Waals surface area contributed by atoms with Gasteiger partial charge in [-0.15, -0.1) is 11.3 Å². The van der Waals surface area contributed by atoms with Gasteiger partial charge in [-0.05, 0) is 49.5 Å². The fourth-order valence-electron chi connectivity index (χ4n) is 1.58. The lowest BCUT2D eigenvalue weighted by Gasteiger charge is -2.02. The van der Waals surface area contributed by atoms with Crippen molar-refractivity contribution in [3.05, 3.63) is 27.5 Å². The van der Waals surface area contributed by atoms with Gasteiger partial charge in [-0.3, -0.25) is 4.79 Å². The van der Waals surface area contributed by atoms with Crippen LogP contribution in [-0.4, -0.2) is 35.5 Å². The summed E-state index contributed by atoms with van der Waals surface area (Å²) < 4.78 is 0. The summed E-state index contributed by atoms with van der Waals surface area (Å²) in [4.78, 5) is 23.9. The first-order chi connectivity index (χ1) is 9.54. The monoisotopic (exact) mass is 313 g/mol. The summed E-state index contributed by atoms with van der Waals surface area (Å²) >= 11 is 3.12. The Morgan fingerprint density at radius 1 is 1.45 bits per heavy atom. The maximum Gasteiger partial charge on any atom is 0.328 e. The van der Waals surface area contributed by atoms with Gasteiger partial charge in [-0.1, -0.05) is 0 Å². The van der Waals surface area contributed by atoms with E-state index in [4.69, 9.17) is 5.11 Å². The SMILES string of the molecule is CSCCCCNC(=O)c1cc(C)c(/C=C/C(=O)O)s1. The Bertz CT molecular complexity index is 495. The number of aryl methyl sites for hydroxylation is 1. The van der Waals surface area contributed by atoms with Gasteiger partial charge in [0.15, 0.2) is 0 Å². The second-order valence-corrected chi connectivity index (χ2v) is 6.35. The van der Waals surface area contributed by atoms with Crippen molar-refractivity contribution < 1.29 is 14.7 Å². The molecule has 0 aliphatic carbocycles. The minimum absolute atomic E-state index is 0.0859. The van der Waals surface area contributed by atoms with Crippen molar-refractivity contribution in [1.82, 2.24) is 5.32 Å². The van der Waals surface area contributed by atoms with E-state index in [1.165, 1.54) is 17.4 Å². The molecule has 0 aromatic carbocycles. The summed E-state index contributed by atoms with van der Waals surface area (Å²) in [6.45, 7) is 2.55. The molecule has 0 radical (unpaired) electrons. The number of thiophene rings is 1. The molecule has 2 N–H and O–H groups in total. The first kappa shape index (κ1) is 16.8. The normalized spacial score (nSPS) is 10.9. The second kappa shape index (κ2) is 8.81. The van der Waals surface area contributed by atoms with Gasteiger partial charge in [0, 0.05) is 17.5 Å². The van der Waals surface area contributed by atoms with Crippen molar-refractivity contribution in [1.29, 1.82) is 0 Å². The molecule has 20 heavy (non-hydrogen) atoms. The molecule has 0 atom stereocenters. The molecule has 1 rings (SSSR count). The number of carbonyl (C=O) groups excluding carboxylic acids is 1. The number of amides is 1. The molecular weight excluding hydrogens is 294 g/mol. The van der Waals surface area contributed by atoms with Crippen LogP contribution < -0.4 is 5.32 Å². The van der Waals surface area contributed by atoms with Gasteiger partial charge in [0.05, 0.1) is 4.88 Å². The average molecular weight is 313 g/mol. The molecule has 110 valence electrons. The molecule has 1 amide bonds. The third-order valence-corrected chi connectivity index (χ3v) is 4.52. The van der Waals surface area contributed by atoms with Gasteiger partial charge in [0.2, 0.25) is 0 Å². The Hall–Kier alpha value is -1.27. The fraction of sp³-hybridized carbons (Fsp3) is 0.429. The van der Waals surface area contributed by atoms with Crippen LogP contribution >= 0.6 is 23.1 Å².